The maximum atomic E-state index is 12.4. The molecule has 5 nitrogen and oxygen atoms in total. The molecular formula is C17H18F6N2O3. The van der Waals surface area contributed by atoms with Crippen LogP contribution in [0, 0.1) is 5.92 Å². The van der Waals surface area contributed by atoms with Crippen LogP contribution >= 0.6 is 0 Å². The minimum atomic E-state index is -4.52. The van der Waals surface area contributed by atoms with Crippen LogP contribution in [-0.4, -0.2) is 48.8 Å². The zero-order chi connectivity index (χ0) is 20.9. The Morgan fingerprint density at radius 3 is 2.25 bits per heavy atom. The highest BCUT2D eigenvalue weighted by atomic mass is 19.4. The Bertz CT molecular complexity index is 688. The van der Waals surface area contributed by atoms with Crippen molar-refractivity contribution in [3.05, 3.63) is 35.4 Å². The fourth-order valence-corrected chi connectivity index (χ4v) is 2.69. The number of nitrogens with one attached hydrogen (secondary N) is 1. The standard InChI is InChI=1S/C17H18F6N2O3/c18-16(19,20)9-25-7-13(5-14(25)26)15(27)24-6-11-1-3-12(4-2-11)8-28-10-17(21,22)23/h1-4,13H,5-10H2,(H,24,27). The number of nitrogens with zero attached hydrogens (tertiary/aromatic N) is 1. The van der Waals surface area contributed by atoms with Crippen LogP contribution in [0.3, 0.4) is 0 Å². The van der Waals surface area contributed by atoms with Crippen molar-refractivity contribution in [3.63, 3.8) is 0 Å². The highest BCUT2D eigenvalue weighted by Gasteiger charge is 2.40. The Balaban J connectivity index is 1.77. The maximum Gasteiger partial charge on any atom is 0.411 e. The van der Waals surface area contributed by atoms with Crippen LogP contribution in [-0.2, 0) is 27.5 Å². The molecule has 0 aromatic heterocycles. The molecule has 1 N–H and O–H groups in total. The van der Waals surface area contributed by atoms with Gasteiger partial charge in [0.15, 0.2) is 0 Å². The number of benzene rings is 1. The molecule has 1 atom stereocenters. The summed E-state index contributed by atoms with van der Waals surface area (Å²) in [5.41, 5.74) is 1.16. The summed E-state index contributed by atoms with van der Waals surface area (Å²) in [5.74, 6) is -2.11. The molecule has 2 rings (SSSR count). The Morgan fingerprint density at radius 1 is 1.07 bits per heavy atom. The summed E-state index contributed by atoms with van der Waals surface area (Å²) < 4.78 is 77.7. The van der Waals surface area contributed by atoms with Crippen molar-refractivity contribution in [2.75, 3.05) is 19.7 Å². The van der Waals surface area contributed by atoms with E-state index in [-0.39, 0.29) is 26.1 Å². The molecule has 156 valence electrons. The number of amides is 2. The first-order valence-corrected chi connectivity index (χ1v) is 8.27. The highest BCUT2D eigenvalue weighted by Crippen LogP contribution is 2.24. The second-order valence-electron chi connectivity index (χ2n) is 6.43. The summed E-state index contributed by atoms with van der Waals surface area (Å²) in [6.45, 7) is -3.17. The van der Waals surface area contributed by atoms with E-state index in [4.69, 9.17) is 0 Å². The normalized spacial score (nSPS) is 17.9. The first kappa shape index (κ1) is 22.0. The average molecular weight is 412 g/mol. The molecule has 28 heavy (non-hydrogen) atoms. The summed E-state index contributed by atoms with van der Waals surface area (Å²) in [4.78, 5) is 24.3. The number of halogens is 6. The molecule has 1 saturated heterocycles. The summed E-state index contributed by atoms with van der Waals surface area (Å²) in [6.07, 6.45) is -9.20. The van der Waals surface area contributed by atoms with Gasteiger partial charge in [0.25, 0.3) is 0 Å². The van der Waals surface area contributed by atoms with E-state index in [2.05, 4.69) is 10.1 Å². The van der Waals surface area contributed by atoms with Crippen molar-refractivity contribution in [1.82, 2.24) is 10.2 Å². The van der Waals surface area contributed by atoms with Gasteiger partial charge in [-0.1, -0.05) is 24.3 Å². The molecule has 0 radical (unpaired) electrons. The minimum absolute atomic E-state index is 0.0759. The lowest BCUT2D eigenvalue weighted by molar-refractivity contribution is -0.176. The van der Waals surface area contributed by atoms with Crippen molar-refractivity contribution >= 4 is 11.8 Å². The van der Waals surface area contributed by atoms with E-state index < -0.39 is 43.2 Å². The molecule has 1 unspecified atom stereocenters. The Hall–Kier alpha value is -2.30. The van der Waals surface area contributed by atoms with Crippen molar-refractivity contribution in [2.24, 2.45) is 5.92 Å². The number of rotatable bonds is 7. The molecule has 0 saturated carbocycles. The van der Waals surface area contributed by atoms with E-state index in [0.29, 0.717) is 16.0 Å². The Kier molecular flexibility index (Phi) is 6.91. The molecule has 1 aliphatic rings. The third-order valence-corrected chi connectivity index (χ3v) is 3.98. The van der Waals surface area contributed by atoms with Gasteiger partial charge < -0.3 is 15.0 Å². The van der Waals surface area contributed by atoms with E-state index >= 15 is 0 Å². The first-order valence-electron chi connectivity index (χ1n) is 8.27. The zero-order valence-electron chi connectivity index (χ0n) is 14.6. The second-order valence-corrected chi connectivity index (χ2v) is 6.43. The van der Waals surface area contributed by atoms with E-state index in [0.717, 1.165) is 0 Å². The number of alkyl halides is 6. The summed E-state index contributed by atoms with van der Waals surface area (Å²) in [7, 11) is 0. The molecule has 2 amide bonds. The molecular weight excluding hydrogens is 394 g/mol. The number of hydrogen-bond donors (Lipinski definition) is 1. The largest absolute Gasteiger partial charge is 0.411 e. The van der Waals surface area contributed by atoms with Crippen LogP contribution in [0.1, 0.15) is 17.5 Å². The topological polar surface area (TPSA) is 58.6 Å². The molecule has 11 heteroatoms. The van der Waals surface area contributed by atoms with Crippen molar-refractivity contribution in [2.45, 2.75) is 31.9 Å². The quantitative estimate of drug-likeness (QED) is 0.701. The molecule has 1 heterocycles. The van der Waals surface area contributed by atoms with Crippen LogP contribution in [0.25, 0.3) is 0 Å². The van der Waals surface area contributed by atoms with Crippen LogP contribution < -0.4 is 5.32 Å². The van der Waals surface area contributed by atoms with E-state index in [1.165, 1.54) is 0 Å². The van der Waals surface area contributed by atoms with Gasteiger partial charge in [-0.05, 0) is 11.1 Å². The molecule has 1 aliphatic heterocycles. The molecule has 0 spiro atoms. The number of carbonyl (C=O) groups is 2. The van der Waals surface area contributed by atoms with Gasteiger partial charge in [0, 0.05) is 19.5 Å². The van der Waals surface area contributed by atoms with Crippen molar-refractivity contribution < 1.29 is 40.7 Å². The van der Waals surface area contributed by atoms with Gasteiger partial charge >= 0.3 is 12.4 Å². The lowest BCUT2D eigenvalue weighted by atomic mass is 10.1. The van der Waals surface area contributed by atoms with Crippen LogP contribution in [0.2, 0.25) is 0 Å². The van der Waals surface area contributed by atoms with E-state index in [9.17, 15) is 35.9 Å². The lowest BCUT2D eigenvalue weighted by Gasteiger charge is -2.18. The van der Waals surface area contributed by atoms with Gasteiger partial charge in [-0.3, -0.25) is 9.59 Å². The molecule has 0 bridgehead atoms. The lowest BCUT2D eigenvalue weighted by Crippen LogP contribution is -2.37. The first-order chi connectivity index (χ1) is 12.9. The minimum Gasteiger partial charge on any atom is -0.367 e. The van der Waals surface area contributed by atoms with Crippen LogP contribution in [0.15, 0.2) is 24.3 Å². The van der Waals surface area contributed by atoms with Crippen LogP contribution in [0.5, 0.6) is 0 Å². The monoisotopic (exact) mass is 412 g/mol. The van der Waals surface area contributed by atoms with Gasteiger partial charge in [0.05, 0.1) is 12.5 Å². The third-order valence-electron chi connectivity index (χ3n) is 3.98. The fraction of sp³-hybridized carbons (Fsp3) is 0.529. The van der Waals surface area contributed by atoms with Gasteiger partial charge in [-0.25, -0.2) is 0 Å². The predicted octanol–water partition coefficient (Wildman–Crippen LogP) is 2.79. The predicted molar refractivity (Wildman–Crippen MR) is 84.7 cm³/mol. The Morgan fingerprint density at radius 2 is 1.68 bits per heavy atom. The number of hydrogen-bond acceptors (Lipinski definition) is 3. The number of ether oxygens (including phenoxy) is 1. The molecule has 0 aliphatic carbocycles. The molecule has 1 fully saturated rings. The van der Waals surface area contributed by atoms with Gasteiger partial charge in [-0.2, -0.15) is 26.3 Å². The SMILES string of the molecule is O=C(NCc1ccc(COCC(F)(F)F)cc1)C1CC(=O)N(CC(F)(F)F)C1. The van der Waals surface area contributed by atoms with Gasteiger partial charge in [0.1, 0.15) is 13.2 Å². The van der Waals surface area contributed by atoms with Gasteiger partial charge in [0.2, 0.25) is 11.8 Å². The molecule has 1 aromatic carbocycles. The Labute approximate surface area is 156 Å². The van der Waals surface area contributed by atoms with E-state index in [1.807, 2.05) is 0 Å². The van der Waals surface area contributed by atoms with Gasteiger partial charge in [-0.15, -0.1) is 0 Å². The van der Waals surface area contributed by atoms with Crippen molar-refractivity contribution in [3.8, 4) is 0 Å². The third kappa shape index (κ3) is 7.37. The second kappa shape index (κ2) is 8.80. The number of likely N-dealkylation sites (tertiary alicyclic amines) is 1. The summed E-state index contributed by atoms with van der Waals surface area (Å²) in [5, 5.41) is 2.55. The zero-order valence-corrected chi connectivity index (χ0v) is 14.6. The number of carbonyl (C=O) groups excluding carboxylic acids is 2. The van der Waals surface area contributed by atoms with Crippen LogP contribution in [0.4, 0.5) is 26.3 Å². The summed E-state index contributed by atoms with van der Waals surface area (Å²) in [6, 6.07) is 6.26. The smallest absolute Gasteiger partial charge is 0.367 e. The summed E-state index contributed by atoms with van der Waals surface area (Å²) >= 11 is 0. The fourth-order valence-electron chi connectivity index (χ4n) is 2.69. The van der Waals surface area contributed by atoms with Crippen molar-refractivity contribution in [1.29, 1.82) is 0 Å². The highest BCUT2D eigenvalue weighted by molar-refractivity contribution is 5.89. The maximum absolute atomic E-state index is 12.4. The van der Waals surface area contributed by atoms with E-state index in [1.54, 1.807) is 24.3 Å². The molecule has 1 aromatic rings. The average Bonchev–Trinajstić information content (AvgIpc) is 2.92.